The summed E-state index contributed by atoms with van der Waals surface area (Å²) in [5.74, 6) is 0. The molecule has 92 valence electrons. The number of aryl methyl sites for hydroxylation is 1. The number of hydrogen-bond acceptors (Lipinski definition) is 6. The maximum atomic E-state index is 11.1. The average molecular weight is 264 g/mol. The minimum absolute atomic E-state index is 0.311. The summed E-state index contributed by atoms with van der Waals surface area (Å²) in [6.07, 6.45) is 2.11. The zero-order valence-electron chi connectivity index (χ0n) is 9.28. The molecule has 0 aromatic carbocycles. The Labute approximate surface area is 105 Å². The predicted octanol–water partition coefficient (Wildman–Crippen LogP) is -0.173. The third kappa shape index (κ3) is 2.54. The van der Waals surface area contributed by atoms with Crippen LogP contribution in [0, 0.1) is 0 Å². The van der Waals surface area contributed by atoms with Crippen LogP contribution in [0.4, 0.5) is 0 Å². The molecule has 0 unspecified atom stereocenters. The van der Waals surface area contributed by atoms with Gasteiger partial charge in [0.15, 0.2) is 11.4 Å². The number of aromatic nitrogens is 4. The number of carbonyl (C=O) groups excluding carboxylic acids is 1. The van der Waals surface area contributed by atoms with E-state index < -0.39 is 11.1 Å². The van der Waals surface area contributed by atoms with Gasteiger partial charge in [0, 0.05) is 18.8 Å². The first-order valence-corrected chi connectivity index (χ1v) is 5.68. The molecule has 0 amide bonds. The lowest BCUT2D eigenvalue weighted by molar-refractivity contribution is 0.112. The molecule has 0 aliphatic carbocycles. The van der Waals surface area contributed by atoms with Gasteiger partial charge in [-0.2, -0.15) is 4.98 Å². The fourth-order valence-corrected chi connectivity index (χ4v) is 1.91. The van der Waals surface area contributed by atoms with E-state index in [1.165, 1.54) is 10.9 Å². The topological polar surface area (TPSA) is 97.7 Å². The quantitative estimate of drug-likeness (QED) is 0.610. The molecule has 1 N–H and O–H groups in total. The Morgan fingerprint density at radius 3 is 2.78 bits per heavy atom. The first kappa shape index (κ1) is 12.2. The second kappa shape index (κ2) is 4.96. The van der Waals surface area contributed by atoms with Gasteiger partial charge < -0.3 is 0 Å². The summed E-state index contributed by atoms with van der Waals surface area (Å²) in [6, 6.07) is 3.23. The summed E-state index contributed by atoms with van der Waals surface area (Å²) in [5.41, 5.74) is -1.16. The standard InChI is InChI=1S/C10H8N4O3S/c1-14-10(12-8(16)9(17)13-14)18-7-3-2-6(5-15)4-11-7/h2-5H,1H3,(H,13,17). The fraction of sp³-hybridized carbons (Fsp3) is 0.100. The van der Waals surface area contributed by atoms with Gasteiger partial charge in [-0.25, -0.2) is 4.98 Å². The van der Waals surface area contributed by atoms with Crippen LogP contribution >= 0.6 is 11.8 Å². The summed E-state index contributed by atoms with van der Waals surface area (Å²) < 4.78 is 1.34. The maximum Gasteiger partial charge on any atom is 0.339 e. The Kier molecular flexibility index (Phi) is 3.38. The number of rotatable bonds is 3. The van der Waals surface area contributed by atoms with Crippen molar-refractivity contribution < 1.29 is 4.79 Å². The number of pyridine rings is 1. The van der Waals surface area contributed by atoms with Gasteiger partial charge in [-0.05, 0) is 23.9 Å². The lowest BCUT2D eigenvalue weighted by Gasteiger charge is -2.04. The molecular formula is C10H8N4O3S. The van der Waals surface area contributed by atoms with Crippen LogP contribution in [0.3, 0.4) is 0 Å². The van der Waals surface area contributed by atoms with Crippen molar-refractivity contribution in [3.63, 3.8) is 0 Å². The van der Waals surface area contributed by atoms with Crippen molar-refractivity contribution in [3.05, 3.63) is 44.6 Å². The zero-order chi connectivity index (χ0) is 13.1. The predicted molar refractivity (Wildman–Crippen MR) is 63.8 cm³/mol. The number of aldehydes is 1. The smallest absolute Gasteiger partial charge is 0.298 e. The highest BCUT2D eigenvalue weighted by molar-refractivity contribution is 7.99. The first-order valence-electron chi connectivity index (χ1n) is 4.86. The van der Waals surface area contributed by atoms with Crippen molar-refractivity contribution in [1.29, 1.82) is 0 Å². The van der Waals surface area contributed by atoms with Crippen molar-refractivity contribution in [1.82, 2.24) is 19.7 Å². The SMILES string of the molecule is Cn1[nH]c(=O)c(=O)nc1Sc1ccc(C=O)cn1. The Morgan fingerprint density at radius 2 is 2.17 bits per heavy atom. The van der Waals surface area contributed by atoms with Gasteiger partial charge in [0.1, 0.15) is 5.03 Å². The van der Waals surface area contributed by atoms with Crippen LogP contribution in [-0.4, -0.2) is 26.0 Å². The number of aromatic amines is 1. The molecule has 7 nitrogen and oxygen atoms in total. The summed E-state index contributed by atoms with van der Waals surface area (Å²) in [6.45, 7) is 0. The first-order chi connectivity index (χ1) is 8.60. The van der Waals surface area contributed by atoms with Gasteiger partial charge in [-0.3, -0.25) is 24.2 Å². The van der Waals surface area contributed by atoms with Crippen molar-refractivity contribution in [2.45, 2.75) is 10.2 Å². The van der Waals surface area contributed by atoms with E-state index in [0.717, 1.165) is 11.8 Å². The van der Waals surface area contributed by atoms with E-state index >= 15 is 0 Å². The van der Waals surface area contributed by atoms with Crippen LogP contribution in [0.2, 0.25) is 0 Å². The minimum atomic E-state index is -0.847. The molecule has 0 saturated carbocycles. The molecule has 0 bridgehead atoms. The van der Waals surface area contributed by atoms with Gasteiger partial charge in [-0.15, -0.1) is 0 Å². The largest absolute Gasteiger partial charge is 0.339 e. The molecule has 2 aromatic heterocycles. The highest BCUT2D eigenvalue weighted by Gasteiger charge is 2.06. The van der Waals surface area contributed by atoms with E-state index in [1.54, 1.807) is 19.2 Å². The molecule has 0 atom stereocenters. The van der Waals surface area contributed by atoms with Crippen molar-refractivity contribution in [3.8, 4) is 0 Å². The van der Waals surface area contributed by atoms with Crippen LogP contribution in [-0.2, 0) is 7.05 Å². The number of H-pyrrole nitrogens is 1. The van der Waals surface area contributed by atoms with Crippen LogP contribution in [0.25, 0.3) is 0 Å². The maximum absolute atomic E-state index is 11.1. The number of nitrogens with one attached hydrogen (secondary N) is 1. The normalized spacial score (nSPS) is 10.3. The summed E-state index contributed by atoms with van der Waals surface area (Å²) >= 11 is 1.11. The molecule has 0 aliphatic heterocycles. The highest BCUT2D eigenvalue weighted by Crippen LogP contribution is 2.21. The fourth-order valence-electron chi connectivity index (χ4n) is 1.17. The van der Waals surface area contributed by atoms with Crippen molar-refractivity contribution in [2.75, 3.05) is 0 Å². The summed E-state index contributed by atoms with van der Waals surface area (Å²) in [7, 11) is 1.57. The van der Waals surface area contributed by atoms with E-state index in [2.05, 4.69) is 15.1 Å². The lowest BCUT2D eigenvalue weighted by Crippen LogP contribution is -2.33. The van der Waals surface area contributed by atoms with E-state index in [1.807, 2.05) is 0 Å². The van der Waals surface area contributed by atoms with E-state index in [0.29, 0.717) is 22.0 Å². The molecule has 0 fully saturated rings. The molecule has 0 aliphatic rings. The molecule has 8 heteroatoms. The minimum Gasteiger partial charge on any atom is -0.298 e. The average Bonchev–Trinajstić information content (AvgIpc) is 2.37. The molecule has 0 saturated heterocycles. The van der Waals surface area contributed by atoms with Gasteiger partial charge in [-0.1, -0.05) is 0 Å². The third-order valence-corrected chi connectivity index (χ3v) is 3.04. The third-order valence-electron chi connectivity index (χ3n) is 2.04. The van der Waals surface area contributed by atoms with Gasteiger partial charge in [0.25, 0.3) is 0 Å². The lowest BCUT2D eigenvalue weighted by atomic mass is 10.3. The molecule has 2 aromatic rings. The second-order valence-electron chi connectivity index (χ2n) is 3.35. The summed E-state index contributed by atoms with van der Waals surface area (Å²) in [4.78, 5) is 40.3. The summed E-state index contributed by atoms with van der Waals surface area (Å²) in [5, 5.41) is 3.21. The van der Waals surface area contributed by atoms with Crippen LogP contribution < -0.4 is 11.1 Å². The van der Waals surface area contributed by atoms with Crippen LogP contribution in [0.15, 0.2) is 38.1 Å². The molecule has 18 heavy (non-hydrogen) atoms. The Morgan fingerprint density at radius 1 is 1.39 bits per heavy atom. The van der Waals surface area contributed by atoms with Crippen molar-refractivity contribution >= 4 is 18.0 Å². The monoisotopic (exact) mass is 264 g/mol. The Bertz CT molecular complexity index is 690. The highest BCUT2D eigenvalue weighted by atomic mass is 32.2. The van der Waals surface area contributed by atoms with E-state index in [9.17, 15) is 14.4 Å². The Balaban J connectivity index is 2.33. The van der Waals surface area contributed by atoms with Gasteiger partial charge in [0.2, 0.25) is 0 Å². The number of nitrogens with zero attached hydrogens (tertiary/aromatic N) is 3. The zero-order valence-corrected chi connectivity index (χ0v) is 10.1. The van der Waals surface area contributed by atoms with Gasteiger partial charge in [0.05, 0.1) is 0 Å². The molecule has 2 rings (SSSR count). The van der Waals surface area contributed by atoms with Crippen LogP contribution in [0.5, 0.6) is 0 Å². The second-order valence-corrected chi connectivity index (χ2v) is 4.34. The molecular weight excluding hydrogens is 256 g/mol. The number of hydrogen-bond donors (Lipinski definition) is 1. The van der Waals surface area contributed by atoms with Crippen molar-refractivity contribution in [2.24, 2.45) is 7.05 Å². The molecule has 2 heterocycles. The Hall–Kier alpha value is -2.22. The van der Waals surface area contributed by atoms with Crippen LogP contribution in [0.1, 0.15) is 10.4 Å². The van der Waals surface area contributed by atoms with Gasteiger partial charge >= 0.3 is 11.1 Å². The molecule has 0 radical (unpaired) electrons. The van der Waals surface area contributed by atoms with E-state index in [4.69, 9.17) is 0 Å². The molecule has 0 spiro atoms. The number of carbonyl (C=O) groups is 1. The van der Waals surface area contributed by atoms with E-state index in [-0.39, 0.29) is 0 Å².